The first-order valence-electron chi connectivity index (χ1n) is 9.83. The minimum Gasteiger partial charge on any atom is -0.310 e. The molecule has 0 bridgehead atoms. The summed E-state index contributed by atoms with van der Waals surface area (Å²) in [6, 6.07) is 4.53. The molecule has 0 spiro atoms. The first-order chi connectivity index (χ1) is 12.8. The van der Waals surface area contributed by atoms with E-state index in [4.69, 9.17) is 9.97 Å². The number of aryl methyl sites for hydroxylation is 4. The molecule has 0 fully saturated rings. The van der Waals surface area contributed by atoms with Crippen LogP contribution in [0.1, 0.15) is 55.1 Å². The number of hydrogen-bond donors (Lipinski definition) is 0. The van der Waals surface area contributed by atoms with E-state index in [0.717, 1.165) is 35.7 Å². The molecular formula is C22H30N4O. The van der Waals surface area contributed by atoms with Gasteiger partial charge in [-0.1, -0.05) is 24.6 Å². The molecule has 1 aliphatic heterocycles. The summed E-state index contributed by atoms with van der Waals surface area (Å²) in [5.41, 5.74) is 6.70. The number of anilines is 3. The minimum atomic E-state index is 0.125. The van der Waals surface area contributed by atoms with Crippen LogP contribution in [0.5, 0.6) is 0 Å². The van der Waals surface area contributed by atoms with Crippen molar-refractivity contribution in [3.05, 3.63) is 40.1 Å². The van der Waals surface area contributed by atoms with Crippen molar-refractivity contribution in [3.63, 3.8) is 0 Å². The number of carbonyl (C=O) groups is 1. The Morgan fingerprint density at radius 2 is 1.74 bits per heavy atom. The Hall–Kier alpha value is -2.43. The van der Waals surface area contributed by atoms with Crippen molar-refractivity contribution in [2.45, 2.75) is 67.3 Å². The predicted molar refractivity (Wildman–Crippen MR) is 111 cm³/mol. The molecule has 2 heterocycles. The van der Waals surface area contributed by atoms with Crippen LogP contribution in [0.3, 0.4) is 0 Å². The molecule has 144 valence electrons. The van der Waals surface area contributed by atoms with Crippen LogP contribution in [-0.4, -0.2) is 28.5 Å². The highest BCUT2D eigenvalue weighted by atomic mass is 16.2. The van der Waals surface area contributed by atoms with Gasteiger partial charge in [0, 0.05) is 29.5 Å². The smallest absolute Gasteiger partial charge is 0.233 e. The van der Waals surface area contributed by atoms with Crippen molar-refractivity contribution in [2.75, 3.05) is 16.3 Å². The molecule has 1 aromatic heterocycles. The largest absolute Gasteiger partial charge is 0.310 e. The first kappa shape index (κ1) is 19.3. The maximum Gasteiger partial charge on any atom is 0.233 e. The molecule has 5 heteroatoms. The number of amides is 1. The third kappa shape index (κ3) is 3.31. The van der Waals surface area contributed by atoms with E-state index in [1.165, 1.54) is 16.7 Å². The molecule has 2 aromatic rings. The normalized spacial score (nSPS) is 14.5. The number of nitrogens with zero attached hydrogens (tertiary/aromatic N) is 4. The van der Waals surface area contributed by atoms with E-state index < -0.39 is 0 Å². The quantitative estimate of drug-likeness (QED) is 0.778. The molecule has 0 saturated carbocycles. The second kappa shape index (κ2) is 7.29. The molecule has 0 saturated heterocycles. The van der Waals surface area contributed by atoms with Gasteiger partial charge in [0.1, 0.15) is 5.82 Å². The average Bonchev–Trinajstić information content (AvgIpc) is 2.93. The van der Waals surface area contributed by atoms with Gasteiger partial charge in [-0.05, 0) is 59.1 Å². The van der Waals surface area contributed by atoms with Crippen LogP contribution >= 0.6 is 0 Å². The van der Waals surface area contributed by atoms with E-state index in [0.29, 0.717) is 12.4 Å². The van der Waals surface area contributed by atoms with E-state index in [2.05, 4.69) is 58.6 Å². The van der Waals surface area contributed by atoms with Crippen molar-refractivity contribution < 1.29 is 4.79 Å². The van der Waals surface area contributed by atoms with Crippen molar-refractivity contribution in [1.82, 2.24) is 9.97 Å². The Balaban J connectivity index is 2.14. The fraction of sp³-hybridized carbons (Fsp3) is 0.500. The Morgan fingerprint density at radius 1 is 1.11 bits per heavy atom. The van der Waals surface area contributed by atoms with E-state index in [1.807, 2.05) is 11.8 Å². The van der Waals surface area contributed by atoms with Gasteiger partial charge in [-0.25, -0.2) is 4.98 Å². The van der Waals surface area contributed by atoms with Crippen molar-refractivity contribution in [1.29, 1.82) is 0 Å². The van der Waals surface area contributed by atoms with Gasteiger partial charge in [0.2, 0.25) is 11.9 Å². The summed E-state index contributed by atoms with van der Waals surface area (Å²) in [5, 5.41) is 0. The lowest BCUT2D eigenvalue weighted by Crippen LogP contribution is -2.36. The number of aromatic nitrogens is 2. The number of benzene rings is 1. The highest BCUT2D eigenvalue weighted by molar-refractivity contribution is 6.01. The SMILES string of the molecule is CCC(C)N1C(=O)Cc2c(C)nc(N(CC)c3c(C)cc(C)cc3C)nc21. The zero-order valence-electron chi connectivity index (χ0n) is 17.6. The average molecular weight is 367 g/mol. The topological polar surface area (TPSA) is 49.3 Å². The lowest BCUT2D eigenvalue weighted by Gasteiger charge is -2.28. The van der Waals surface area contributed by atoms with Gasteiger partial charge in [0.15, 0.2) is 0 Å². The molecule has 0 aliphatic carbocycles. The molecule has 1 unspecified atom stereocenters. The third-order valence-electron chi connectivity index (χ3n) is 5.50. The molecule has 0 radical (unpaired) electrons. The number of rotatable bonds is 5. The molecular weight excluding hydrogens is 336 g/mol. The molecule has 27 heavy (non-hydrogen) atoms. The Labute approximate surface area is 162 Å². The van der Waals surface area contributed by atoms with Gasteiger partial charge >= 0.3 is 0 Å². The van der Waals surface area contributed by atoms with Crippen molar-refractivity contribution >= 4 is 23.4 Å². The molecule has 5 nitrogen and oxygen atoms in total. The molecule has 1 aromatic carbocycles. The maximum absolute atomic E-state index is 12.6. The fourth-order valence-electron chi connectivity index (χ4n) is 4.08. The summed E-state index contributed by atoms with van der Waals surface area (Å²) in [6.45, 7) is 15.4. The lowest BCUT2D eigenvalue weighted by atomic mass is 10.0. The molecule has 1 atom stereocenters. The van der Waals surface area contributed by atoms with Crippen LogP contribution in [0.4, 0.5) is 17.5 Å². The Kier molecular flexibility index (Phi) is 5.22. The summed E-state index contributed by atoms with van der Waals surface area (Å²) >= 11 is 0. The fourth-order valence-corrected chi connectivity index (χ4v) is 4.08. The van der Waals surface area contributed by atoms with E-state index in [9.17, 15) is 4.79 Å². The number of hydrogen-bond acceptors (Lipinski definition) is 4. The molecule has 0 N–H and O–H groups in total. The van der Waals surface area contributed by atoms with E-state index in [1.54, 1.807) is 0 Å². The summed E-state index contributed by atoms with van der Waals surface area (Å²) in [7, 11) is 0. The van der Waals surface area contributed by atoms with Crippen LogP contribution in [0.2, 0.25) is 0 Å². The number of fused-ring (bicyclic) bond motifs is 1. The highest BCUT2D eigenvalue weighted by Crippen LogP contribution is 2.36. The third-order valence-corrected chi connectivity index (χ3v) is 5.50. The monoisotopic (exact) mass is 366 g/mol. The van der Waals surface area contributed by atoms with Crippen molar-refractivity contribution in [3.8, 4) is 0 Å². The van der Waals surface area contributed by atoms with Crippen LogP contribution in [0, 0.1) is 27.7 Å². The molecule has 1 amide bonds. The maximum atomic E-state index is 12.6. The minimum absolute atomic E-state index is 0.125. The van der Waals surface area contributed by atoms with Gasteiger partial charge < -0.3 is 4.90 Å². The summed E-state index contributed by atoms with van der Waals surface area (Å²) in [4.78, 5) is 26.3. The van der Waals surface area contributed by atoms with Crippen LogP contribution in [-0.2, 0) is 11.2 Å². The van der Waals surface area contributed by atoms with E-state index in [-0.39, 0.29) is 11.9 Å². The zero-order valence-corrected chi connectivity index (χ0v) is 17.6. The van der Waals surface area contributed by atoms with Gasteiger partial charge in [-0.15, -0.1) is 0 Å². The second-order valence-corrected chi connectivity index (χ2v) is 7.60. The zero-order chi connectivity index (χ0) is 19.9. The molecule has 1 aliphatic rings. The number of carbonyl (C=O) groups excluding carboxylic acids is 1. The summed E-state index contributed by atoms with van der Waals surface area (Å²) < 4.78 is 0. The summed E-state index contributed by atoms with van der Waals surface area (Å²) in [5.74, 6) is 1.59. The van der Waals surface area contributed by atoms with E-state index >= 15 is 0 Å². The van der Waals surface area contributed by atoms with Crippen molar-refractivity contribution in [2.24, 2.45) is 0 Å². The van der Waals surface area contributed by atoms with Gasteiger partial charge in [0.25, 0.3) is 0 Å². The predicted octanol–water partition coefficient (Wildman–Crippen LogP) is 4.56. The Bertz CT molecular complexity index is 867. The van der Waals surface area contributed by atoms with Crippen LogP contribution in [0.25, 0.3) is 0 Å². The molecule has 3 rings (SSSR count). The Morgan fingerprint density at radius 3 is 2.30 bits per heavy atom. The summed E-state index contributed by atoms with van der Waals surface area (Å²) in [6.07, 6.45) is 1.30. The lowest BCUT2D eigenvalue weighted by molar-refractivity contribution is -0.117. The van der Waals surface area contributed by atoms with Gasteiger partial charge in [0.05, 0.1) is 6.42 Å². The van der Waals surface area contributed by atoms with Crippen LogP contribution < -0.4 is 9.80 Å². The van der Waals surface area contributed by atoms with Gasteiger partial charge in [-0.2, -0.15) is 4.98 Å². The second-order valence-electron chi connectivity index (χ2n) is 7.60. The van der Waals surface area contributed by atoms with Crippen LogP contribution in [0.15, 0.2) is 12.1 Å². The van der Waals surface area contributed by atoms with Gasteiger partial charge in [-0.3, -0.25) is 9.69 Å². The highest BCUT2D eigenvalue weighted by Gasteiger charge is 2.34. The standard InChI is InChI=1S/C22H30N4O/c1-8-16(6)26-19(27)12-18-17(7)23-22(24-21(18)26)25(9-2)20-14(4)10-13(3)11-15(20)5/h10-11,16H,8-9,12H2,1-7H3. The first-order valence-corrected chi connectivity index (χ1v) is 9.83.